The van der Waals surface area contributed by atoms with E-state index in [9.17, 15) is 10.1 Å². The summed E-state index contributed by atoms with van der Waals surface area (Å²) in [5.74, 6) is 0. The van der Waals surface area contributed by atoms with Crippen molar-refractivity contribution in [1.82, 2.24) is 0 Å². The minimum Gasteiger partial charge on any atom is -0.350 e. The van der Waals surface area contributed by atoms with Crippen molar-refractivity contribution in [3.8, 4) is 0 Å². The number of nitro benzene ring substituents is 1. The Morgan fingerprint density at radius 3 is 2.59 bits per heavy atom. The molecule has 1 N–H and O–H groups in total. The van der Waals surface area contributed by atoms with E-state index in [1.807, 2.05) is 0 Å². The second-order valence-electron chi connectivity index (χ2n) is 3.33. The second-order valence-corrected chi connectivity index (χ2v) is 3.77. The van der Waals surface area contributed by atoms with Crippen molar-refractivity contribution in [1.29, 1.82) is 0 Å². The number of nitrogens with zero attached hydrogens (tertiary/aromatic N) is 1. The molecule has 0 aliphatic carbocycles. The normalized spacial score (nSPS) is 9.94. The topological polar surface area (TPSA) is 55.2 Å². The fraction of sp³-hybridized carbons (Fsp3) is 0. The van der Waals surface area contributed by atoms with Crippen LogP contribution in [0.25, 0.3) is 0 Å². The first-order chi connectivity index (χ1) is 8.16. The average molecular weight is 248 g/mol. The third-order valence-electron chi connectivity index (χ3n) is 2.15. The first kappa shape index (κ1) is 11.4. The lowest BCUT2D eigenvalue weighted by Crippen LogP contribution is -1.96. The highest BCUT2D eigenvalue weighted by Crippen LogP contribution is 2.30. The first-order valence-electron chi connectivity index (χ1n) is 4.84. The molecular formula is C12H8ClN2O2. The van der Waals surface area contributed by atoms with Crippen LogP contribution in [0.4, 0.5) is 17.1 Å². The van der Waals surface area contributed by atoms with Crippen molar-refractivity contribution in [3.63, 3.8) is 0 Å². The molecule has 0 spiro atoms. The smallest absolute Gasteiger partial charge is 0.294 e. The molecule has 2 aromatic carbocycles. The number of hydrogen-bond acceptors (Lipinski definition) is 3. The largest absolute Gasteiger partial charge is 0.350 e. The van der Waals surface area contributed by atoms with Crippen LogP contribution in [0.1, 0.15) is 0 Å². The van der Waals surface area contributed by atoms with Crippen molar-refractivity contribution < 1.29 is 4.92 Å². The number of nitrogens with one attached hydrogen (secondary N) is 1. The lowest BCUT2D eigenvalue weighted by molar-refractivity contribution is -0.383. The van der Waals surface area contributed by atoms with Gasteiger partial charge in [-0.1, -0.05) is 23.7 Å². The standard InChI is InChI=1S/C12H8ClN2O2/c13-9-6-7-11(12(8-9)15(16)17)14-10-4-2-1-3-5-10/h2-8,14H. The summed E-state index contributed by atoms with van der Waals surface area (Å²) in [5, 5.41) is 14.2. The molecular weight excluding hydrogens is 240 g/mol. The molecule has 0 bridgehead atoms. The van der Waals surface area contributed by atoms with Crippen LogP contribution in [0.3, 0.4) is 0 Å². The minimum absolute atomic E-state index is 0.0506. The highest BCUT2D eigenvalue weighted by molar-refractivity contribution is 6.30. The van der Waals surface area contributed by atoms with E-state index in [1.54, 1.807) is 36.4 Å². The third kappa shape index (κ3) is 2.73. The molecule has 0 aliphatic rings. The predicted molar refractivity (Wildman–Crippen MR) is 66.7 cm³/mol. The zero-order valence-corrected chi connectivity index (χ0v) is 9.44. The number of benzene rings is 2. The van der Waals surface area contributed by atoms with Crippen LogP contribution < -0.4 is 5.32 Å². The van der Waals surface area contributed by atoms with Gasteiger partial charge in [-0.05, 0) is 30.3 Å². The Hall–Kier alpha value is -2.07. The minimum atomic E-state index is -0.469. The van der Waals surface area contributed by atoms with E-state index in [2.05, 4.69) is 11.4 Å². The molecule has 0 heterocycles. The van der Waals surface area contributed by atoms with Gasteiger partial charge in [-0.25, -0.2) is 0 Å². The molecule has 0 amide bonds. The Labute approximate surface area is 103 Å². The van der Waals surface area contributed by atoms with Crippen LogP contribution in [0, 0.1) is 16.2 Å². The molecule has 0 unspecified atom stereocenters. The summed E-state index contributed by atoms with van der Waals surface area (Å²) in [5.41, 5.74) is 1.12. The molecule has 0 saturated heterocycles. The summed E-state index contributed by atoms with van der Waals surface area (Å²) < 4.78 is 0. The molecule has 0 atom stereocenters. The molecule has 17 heavy (non-hydrogen) atoms. The van der Waals surface area contributed by atoms with Gasteiger partial charge < -0.3 is 5.32 Å². The van der Waals surface area contributed by atoms with E-state index in [1.165, 1.54) is 6.07 Å². The van der Waals surface area contributed by atoms with Crippen molar-refractivity contribution in [2.24, 2.45) is 0 Å². The maximum Gasteiger partial charge on any atom is 0.294 e. The fourth-order valence-corrected chi connectivity index (χ4v) is 1.55. The van der Waals surface area contributed by atoms with Crippen LogP contribution in [0.2, 0.25) is 5.02 Å². The number of rotatable bonds is 3. The summed E-state index contributed by atoms with van der Waals surface area (Å²) in [7, 11) is 0. The first-order valence-corrected chi connectivity index (χ1v) is 5.22. The summed E-state index contributed by atoms with van der Waals surface area (Å²) in [4.78, 5) is 10.4. The maximum atomic E-state index is 10.9. The monoisotopic (exact) mass is 247 g/mol. The Morgan fingerprint density at radius 2 is 1.94 bits per heavy atom. The molecule has 0 fully saturated rings. The van der Waals surface area contributed by atoms with Gasteiger partial charge in [-0.3, -0.25) is 10.1 Å². The summed E-state index contributed by atoms with van der Waals surface area (Å²) in [6, 6.07) is 14.4. The quantitative estimate of drug-likeness (QED) is 0.663. The molecule has 5 heteroatoms. The van der Waals surface area contributed by atoms with Gasteiger partial charge in [0, 0.05) is 16.8 Å². The van der Waals surface area contributed by atoms with E-state index in [4.69, 9.17) is 11.6 Å². The van der Waals surface area contributed by atoms with Gasteiger partial charge in [0.05, 0.1) is 4.92 Å². The van der Waals surface area contributed by atoms with Crippen LogP contribution in [0.5, 0.6) is 0 Å². The van der Waals surface area contributed by atoms with Gasteiger partial charge in [0.25, 0.3) is 5.69 Å². The lowest BCUT2D eigenvalue weighted by atomic mass is 10.2. The van der Waals surface area contributed by atoms with Gasteiger partial charge in [0.1, 0.15) is 5.69 Å². The van der Waals surface area contributed by atoms with Gasteiger partial charge in [-0.15, -0.1) is 0 Å². The fourth-order valence-electron chi connectivity index (χ4n) is 1.39. The Kier molecular flexibility index (Phi) is 3.25. The van der Waals surface area contributed by atoms with Gasteiger partial charge in [0.2, 0.25) is 0 Å². The second kappa shape index (κ2) is 4.84. The third-order valence-corrected chi connectivity index (χ3v) is 2.39. The summed E-state index contributed by atoms with van der Waals surface area (Å²) >= 11 is 5.73. The molecule has 2 aromatic rings. The molecule has 0 saturated carbocycles. The zero-order chi connectivity index (χ0) is 12.3. The number of halogens is 1. The Balaban J connectivity index is 2.36. The molecule has 2 rings (SSSR count). The highest BCUT2D eigenvalue weighted by Gasteiger charge is 2.14. The van der Waals surface area contributed by atoms with Crippen LogP contribution in [-0.4, -0.2) is 4.92 Å². The highest BCUT2D eigenvalue weighted by atomic mass is 35.5. The van der Waals surface area contributed by atoms with E-state index in [-0.39, 0.29) is 5.69 Å². The molecule has 1 radical (unpaired) electrons. The summed E-state index contributed by atoms with van der Waals surface area (Å²) in [6.45, 7) is 0. The van der Waals surface area contributed by atoms with E-state index >= 15 is 0 Å². The number of anilines is 2. The lowest BCUT2D eigenvalue weighted by Gasteiger charge is -2.06. The molecule has 85 valence electrons. The van der Waals surface area contributed by atoms with Crippen molar-refractivity contribution in [3.05, 3.63) is 63.7 Å². The molecule has 4 nitrogen and oxygen atoms in total. The van der Waals surface area contributed by atoms with E-state index in [0.29, 0.717) is 10.7 Å². The van der Waals surface area contributed by atoms with Crippen LogP contribution in [-0.2, 0) is 0 Å². The number of hydrogen-bond donors (Lipinski definition) is 1. The zero-order valence-electron chi connectivity index (χ0n) is 8.68. The van der Waals surface area contributed by atoms with Gasteiger partial charge >= 0.3 is 0 Å². The van der Waals surface area contributed by atoms with Gasteiger partial charge in [0.15, 0.2) is 0 Å². The predicted octanol–water partition coefficient (Wildman–Crippen LogP) is 3.79. The van der Waals surface area contributed by atoms with E-state index in [0.717, 1.165) is 5.69 Å². The van der Waals surface area contributed by atoms with Crippen molar-refractivity contribution in [2.45, 2.75) is 0 Å². The Bertz CT molecular complexity index is 543. The van der Waals surface area contributed by atoms with Crippen LogP contribution in [0.15, 0.2) is 42.5 Å². The van der Waals surface area contributed by atoms with Crippen LogP contribution >= 0.6 is 11.6 Å². The molecule has 0 aromatic heterocycles. The Morgan fingerprint density at radius 1 is 1.24 bits per heavy atom. The molecule has 0 aliphatic heterocycles. The van der Waals surface area contributed by atoms with Crippen molar-refractivity contribution in [2.75, 3.05) is 5.32 Å². The van der Waals surface area contributed by atoms with Crippen molar-refractivity contribution >= 4 is 28.7 Å². The number of nitro groups is 1. The summed E-state index contributed by atoms with van der Waals surface area (Å²) in [6.07, 6.45) is 0. The average Bonchev–Trinajstić information content (AvgIpc) is 2.32. The van der Waals surface area contributed by atoms with Gasteiger partial charge in [-0.2, -0.15) is 0 Å². The van der Waals surface area contributed by atoms with E-state index < -0.39 is 4.92 Å². The SMILES string of the molecule is O=[N+]([O-])c1cc(Cl)ccc1Nc1cc[c]cc1. The maximum absolute atomic E-state index is 10.9.